The van der Waals surface area contributed by atoms with Crippen LogP contribution in [0.1, 0.15) is 32.7 Å². The molecule has 144 valence electrons. The van der Waals surface area contributed by atoms with Crippen LogP contribution in [0.3, 0.4) is 0 Å². The van der Waals surface area contributed by atoms with E-state index in [9.17, 15) is 23.2 Å². The third-order valence-electron chi connectivity index (χ3n) is 4.77. The molecule has 0 unspecified atom stereocenters. The first-order valence-electron chi connectivity index (χ1n) is 8.43. The maximum absolute atomic E-state index is 12.6. The molecular weight excluding hydrogens is 395 g/mol. The lowest BCUT2D eigenvalue weighted by Gasteiger charge is -2.16. The number of nitrogens with one attached hydrogen (secondary N) is 1. The summed E-state index contributed by atoms with van der Waals surface area (Å²) in [5.74, 6) is -0.483. The lowest BCUT2D eigenvalue weighted by Crippen LogP contribution is -2.34. The summed E-state index contributed by atoms with van der Waals surface area (Å²) in [6.07, 6.45) is -2.02. The smallest absolute Gasteiger partial charge is 0.351 e. The minimum Gasteiger partial charge on any atom is -0.351 e. The van der Waals surface area contributed by atoms with Crippen molar-refractivity contribution in [2.24, 2.45) is 0 Å². The molecular formula is C18H13ClF3N5O. The summed E-state index contributed by atoms with van der Waals surface area (Å²) in [4.78, 5) is 21.1. The third-order valence-corrected chi connectivity index (χ3v) is 4.99. The van der Waals surface area contributed by atoms with E-state index >= 15 is 0 Å². The maximum Gasteiger partial charge on any atom is 0.406 e. The van der Waals surface area contributed by atoms with Crippen LogP contribution < -0.4 is 5.32 Å². The first-order valence-corrected chi connectivity index (χ1v) is 8.81. The Balaban J connectivity index is 1.50. The van der Waals surface area contributed by atoms with Crippen molar-refractivity contribution in [1.29, 1.82) is 5.26 Å². The number of rotatable bonds is 3. The van der Waals surface area contributed by atoms with Gasteiger partial charge in [0.15, 0.2) is 0 Å². The fourth-order valence-corrected chi connectivity index (χ4v) is 3.88. The van der Waals surface area contributed by atoms with E-state index in [-0.39, 0.29) is 29.8 Å². The minimum absolute atomic E-state index is 0.0815. The number of alkyl halides is 3. The number of carbonyl (C=O) groups excluding carboxylic acids is 1. The first-order chi connectivity index (χ1) is 13.2. The molecule has 2 aliphatic rings. The van der Waals surface area contributed by atoms with Gasteiger partial charge in [-0.1, -0.05) is 11.6 Å². The van der Waals surface area contributed by atoms with E-state index in [1.54, 1.807) is 6.07 Å². The molecule has 1 aliphatic heterocycles. The maximum atomic E-state index is 12.6. The predicted molar refractivity (Wildman–Crippen MR) is 93.8 cm³/mol. The molecule has 1 N–H and O–H groups in total. The van der Waals surface area contributed by atoms with E-state index in [0.29, 0.717) is 28.3 Å². The van der Waals surface area contributed by atoms with Crippen LogP contribution in [0.2, 0.25) is 5.02 Å². The van der Waals surface area contributed by atoms with E-state index in [1.165, 1.54) is 6.20 Å². The minimum atomic E-state index is -4.47. The van der Waals surface area contributed by atoms with Crippen LogP contribution >= 0.6 is 11.6 Å². The number of hydrogen-bond acceptors (Lipinski definition) is 5. The molecule has 4 rings (SSSR count). The number of anilines is 1. The van der Waals surface area contributed by atoms with E-state index in [2.05, 4.69) is 21.4 Å². The highest BCUT2D eigenvalue weighted by Gasteiger charge is 2.38. The van der Waals surface area contributed by atoms with Gasteiger partial charge >= 0.3 is 6.18 Å². The van der Waals surface area contributed by atoms with E-state index in [1.807, 2.05) is 6.07 Å². The first kappa shape index (κ1) is 18.5. The number of carbonyl (C=O) groups is 1. The third kappa shape index (κ3) is 3.47. The van der Waals surface area contributed by atoms with Crippen molar-refractivity contribution in [2.45, 2.75) is 31.6 Å². The molecule has 2 aromatic rings. The number of hydrogen-bond donors (Lipinski definition) is 1. The monoisotopic (exact) mass is 407 g/mol. The molecule has 10 heteroatoms. The molecule has 28 heavy (non-hydrogen) atoms. The summed E-state index contributed by atoms with van der Waals surface area (Å²) < 4.78 is 37.8. The van der Waals surface area contributed by atoms with E-state index < -0.39 is 18.6 Å². The molecule has 0 bridgehead atoms. The number of benzene rings is 1. The van der Waals surface area contributed by atoms with Crippen LogP contribution in [0, 0.1) is 11.3 Å². The van der Waals surface area contributed by atoms with Crippen LogP contribution in [0.25, 0.3) is 0 Å². The van der Waals surface area contributed by atoms with Crippen molar-refractivity contribution in [2.75, 3.05) is 11.9 Å². The van der Waals surface area contributed by atoms with Crippen molar-refractivity contribution in [1.82, 2.24) is 14.9 Å². The van der Waals surface area contributed by atoms with Crippen LogP contribution in [-0.2, 0) is 19.4 Å². The van der Waals surface area contributed by atoms with E-state index in [0.717, 1.165) is 11.1 Å². The molecule has 0 saturated carbocycles. The molecule has 6 nitrogen and oxygen atoms in total. The quantitative estimate of drug-likeness (QED) is 0.845. The average molecular weight is 408 g/mol. The standard InChI is InChI=1S/C18H13ClF3N5O/c19-11-1-9-3-12(4-13(9)10(2-11)5-23)25-17-24-6-14-15(26-17)7-27(16(14)28)8-18(20,21)22/h1-2,6,12H,3-4,7-8H2,(H,24,25,26)/t12-/m0/s1. The van der Waals surface area contributed by atoms with Crippen molar-refractivity contribution < 1.29 is 18.0 Å². The van der Waals surface area contributed by atoms with Gasteiger partial charge in [-0.05, 0) is 36.1 Å². The Hall–Kier alpha value is -2.86. The van der Waals surface area contributed by atoms with Crippen molar-refractivity contribution in [3.05, 3.63) is 51.3 Å². The molecule has 1 amide bonds. The van der Waals surface area contributed by atoms with Gasteiger partial charge in [0.1, 0.15) is 6.54 Å². The summed E-state index contributed by atoms with van der Waals surface area (Å²) in [7, 11) is 0. The van der Waals surface area contributed by atoms with Gasteiger partial charge in [-0.15, -0.1) is 0 Å². The van der Waals surface area contributed by atoms with Crippen molar-refractivity contribution in [3.8, 4) is 6.07 Å². The Morgan fingerprint density at radius 2 is 2.14 bits per heavy atom. The fourth-order valence-electron chi connectivity index (χ4n) is 3.64. The Kier molecular flexibility index (Phi) is 4.38. The summed E-state index contributed by atoms with van der Waals surface area (Å²) >= 11 is 6.04. The zero-order chi connectivity index (χ0) is 20.1. The summed E-state index contributed by atoms with van der Waals surface area (Å²) in [6, 6.07) is 5.49. The van der Waals surface area contributed by atoms with Crippen LogP contribution in [-0.4, -0.2) is 39.5 Å². The molecule has 1 aliphatic carbocycles. The van der Waals surface area contributed by atoms with Crippen LogP contribution in [0.15, 0.2) is 18.3 Å². The van der Waals surface area contributed by atoms with Gasteiger partial charge in [0.05, 0.1) is 29.4 Å². The Bertz CT molecular complexity index is 1020. The molecule has 0 spiro atoms. The number of nitriles is 1. The molecule has 0 radical (unpaired) electrons. The number of fused-ring (bicyclic) bond motifs is 2. The summed E-state index contributed by atoms with van der Waals surface area (Å²) in [5.41, 5.74) is 2.76. The second kappa shape index (κ2) is 6.63. The SMILES string of the molecule is N#Cc1cc(Cl)cc2c1C[C@@H](Nc1ncc3c(n1)CN(CC(F)(F)F)C3=O)C2. The zero-order valence-corrected chi connectivity index (χ0v) is 15.1. The van der Waals surface area contributed by atoms with Gasteiger partial charge in [-0.2, -0.15) is 18.4 Å². The topological polar surface area (TPSA) is 81.9 Å². The fraction of sp³-hybridized carbons (Fsp3) is 0.333. The lowest BCUT2D eigenvalue weighted by atomic mass is 10.0. The number of amides is 1. The van der Waals surface area contributed by atoms with Crippen LogP contribution in [0.4, 0.5) is 19.1 Å². The molecule has 1 atom stereocenters. The highest BCUT2D eigenvalue weighted by Crippen LogP contribution is 2.31. The number of nitrogens with zero attached hydrogens (tertiary/aromatic N) is 4. The van der Waals surface area contributed by atoms with Gasteiger partial charge in [-0.3, -0.25) is 4.79 Å². The highest BCUT2D eigenvalue weighted by atomic mass is 35.5. The molecule has 1 aromatic carbocycles. The second-order valence-electron chi connectivity index (χ2n) is 6.78. The average Bonchev–Trinajstić information content (AvgIpc) is 3.13. The Labute approximate surface area is 162 Å². The Morgan fingerprint density at radius 3 is 2.86 bits per heavy atom. The van der Waals surface area contributed by atoms with Gasteiger partial charge in [0, 0.05) is 17.3 Å². The number of halogens is 4. The van der Waals surface area contributed by atoms with Gasteiger partial charge in [0.25, 0.3) is 5.91 Å². The molecule has 1 aromatic heterocycles. The van der Waals surface area contributed by atoms with Gasteiger partial charge < -0.3 is 10.2 Å². The van der Waals surface area contributed by atoms with Crippen molar-refractivity contribution >= 4 is 23.5 Å². The second-order valence-corrected chi connectivity index (χ2v) is 7.22. The van der Waals surface area contributed by atoms with E-state index in [4.69, 9.17) is 11.6 Å². The van der Waals surface area contributed by atoms with Crippen molar-refractivity contribution in [3.63, 3.8) is 0 Å². The predicted octanol–water partition coefficient (Wildman–Crippen LogP) is 3.10. The highest BCUT2D eigenvalue weighted by molar-refractivity contribution is 6.30. The normalized spacial score (nSPS) is 18.0. The Morgan fingerprint density at radius 1 is 1.36 bits per heavy atom. The number of aromatic nitrogens is 2. The zero-order valence-electron chi connectivity index (χ0n) is 14.3. The summed E-state index contributed by atoms with van der Waals surface area (Å²) in [5, 5.41) is 12.9. The molecule has 0 fully saturated rings. The van der Waals surface area contributed by atoms with Crippen LogP contribution in [0.5, 0.6) is 0 Å². The van der Waals surface area contributed by atoms with Gasteiger partial charge in [0.2, 0.25) is 5.95 Å². The largest absolute Gasteiger partial charge is 0.406 e. The lowest BCUT2D eigenvalue weighted by molar-refractivity contribution is -0.141. The molecule has 2 heterocycles. The molecule has 0 saturated heterocycles. The van der Waals surface area contributed by atoms with Gasteiger partial charge in [-0.25, -0.2) is 9.97 Å². The summed E-state index contributed by atoms with van der Waals surface area (Å²) in [6.45, 7) is -1.52.